The zero-order valence-corrected chi connectivity index (χ0v) is 12.1. The molecule has 0 aliphatic carbocycles. The quantitative estimate of drug-likeness (QED) is 0.837. The number of rotatable bonds is 3. The molecule has 1 aromatic heterocycles. The first-order chi connectivity index (χ1) is 9.65. The summed E-state index contributed by atoms with van der Waals surface area (Å²) in [5.74, 6) is 0.243. The number of nitrogens with zero attached hydrogens (tertiary/aromatic N) is 2. The van der Waals surface area contributed by atoms with Gasteiger partial charge in [-0.25, -0.2) is 0 Å². The Morgan fingerprint density at radius 1 is 1.50 bits per heavy atom. The van der Waals surface area contributed by atoms with Crippen molar-refractivity contribution in [3.8, 4) is 0 Å². The van der Waals surface area contributed by atoms with Gasteiger partial charge >= 0.3 is 0 Å². The molecule has 0 spiro atoms. The summed E-state index contributed by atoms with van der Waals surface area (Å²) in [6, 6.07) is 2.43. The molecule has 0 N–H and O–H groups in total. The van der Waals surface area contributed by atoms with Crippen LogP contribution in [0.4, 0.5) is 0 Å². The first-order valence-corrected chi connectivity index (χ1v) is 7.23. The summed E-state index contributed by atoms with van der Waals surface area (Å²) in [4.78, 5) is 16.3. The van der Waals surface area contributed by atoms with Crippen LogP contribution in [0.2, 0.25) is 0 Å². The van der Waals surface area contributed by atoms with E-state index in [1.54, 1.807) is 17.4 Å². The van der Waals surface area contributed by atoms with Gasteiger partial charge in [-0.15, -0.1) is 0 Å². The fraction of sp³-hybridized carbons (Fsp3) is 0.667. The van der Waals surface area contributed by atoms with Crippen LogP contribution in [-0.4, -0.2) is 55.1 Å². The molecule has 3 atom stereocenters. The number of ether oxygens (including phenoxy) is 1. The molecule has 0 saturated carbocycles. The Bertz CT molecular complexity index is 458. The smallest absolute Gasteiger partial charge is 0.226 e. The van der Waals surface area contributed by atoms with Gasteiger partial charge in [-0.3, -0.25) is 9.69 Å². The second kappa shape index (κ2) is 5.58. The van der Waals surface area contributed by atoms with Gasteiger partial charge in [0, 0.05) is 45.4 Å². The van der Waals surface area contributed by atoms with Crippen molar-refractivity contribution >= 4 is 5.91 Å². The number of hydrogen-bond donors (Lipinski definition) is 0. The van der Waals surface area contributed by atoms with E-state index < -0.39 is 0 Å². The number of amides is 1. The van der Waals surface area contributed by atoms with E-state index in [1.165, 1.54) is 0 Å². The highest BCUT2D eigenvalue weighted by molar-refractivity contribution is 5.78. The second-order valence-electron chi connectivity index (χ2n) is 5.99. The van der Waals surface area contributed by atoms with Gasteiger partial charge < -0.3 is 14.1 Å². The lowest BCUT2D eigenvalue weighted by Crippen LogP contribution is -2.52. The van der Waals surface area contributed by atoms with E-state index >= 15 is 0 Å². The lowest BCUT2D eigenvalue weighted by Gasteiger charge is -2.40. The summed E-state index contributed by atoms with van der Waals surface area (Å²) in [6.07, 6.45) is 5.59. The normalized spacial score (nSPS) is 30.2. The SMILES string of the molecule is CN(C)C(=O)[C@@H]1C[C@@H]2OCC[C@@H]2N(Cc2ccoc2)C1. The van der Waals surface area contributed by atoms with Gasteiger partial charge in [0.25, 0.3) is 0 Å². The predicted octanol–water partition coefficient (Wildman–Crippen LogP) is 1.35. The van der Waals surface area contributed by atoms with E-state index in [0.717, 1.165) is 38.1 Å². The van der Waals surface area contributed by atoms with Gasteiger partial charge in [-0.2, -0.15) is 0 Å². The maximum absolute atomic E-state index is 12.3. The van der Waals surface area contributed by atoms with Crippen LogP contribution in [-0.2, 0) is 16.1 Å². The van der Waals surface area contributed by atoms with Crippen LogP contribution in [0.1, 0.15) is 18.4 Å². The summed E-state index contributed by atoms with van der Waals surface area (Å²) < 4.78 is 11.0. The van der Waals surface area contributed by atoms with Crippen LogP contribution >= 0.6 is 0 Å². The highest BCUT2D eigenvalue weighted by Gasteiger charge is 2.42. The molecule has 2 saturated heterocycles. The third-order valence-corrected chi connectivity index (χ3v) is 4.37. The van der Waals surface area contributed by atoms with Crippen LogP contribution < -0.4 is 0 Å². The molecule has 5 heteroatoms. The molecule has 20 heavy (non-hydrogen) atoms. The fourth-order valence-electron chi connectivity index (χ4n) is 3.40. The summed E-state index contributed by atoms with van der Waals surface area (Å²) in [5, 5.41) is 0. The first kappa shape index (κ1) is 13.6. The average molecular weight is 278 g/mol. The Kier molecular flexibility index (Phi) is 3.81. The van der Waals surface area contributed by atoms with Gasteiger partial charge in [0.15, 0.2) is 0 Å². The zero-order valence-electron chi connectivity index (χ0n) is 12.1. The zero-order chi connectivity index (χ0) is 14.1. The molecule has 110 valence electrons. The van der Waals surface area contributed by atoms with E-state index in [4.69, 9.17) is 9.15 Å². The molecule has 0 bridgehead atoms. The van der Waals surface area contributed by atoms with Gasteiger partial charge in [-0.1, -0.05) is 0 Å². The van der Waals surface area contributed by atoms with E-state index in [-0.39, 0.29) is 17.9 Å². The predicted molar refractivity (Wildman–Crippen MR) is 74.1 cm³/mol. The van der Waals surface area contributed by atoms with E-state index in [2.05, 4.69) is 4.90 Å². The fourth-order valence-corrected chi connectivity index (χ4v) is 3.40. The Hall–Kier alpha value is -1.33. The molecular weight excluding hydrogens is 256 g/mol. The van der Waals surface area contributed by atoms with Gasteiger partial charge in [0.2, 0.25) is 5.91 Å². The van der Waals surface area contributed by atoms with Crippen LogP contribution in [0.3, 0.4) is 0 Å². The molecule has 0 aromatic carbocycles. The van der Waals surface area contributed by atoms with Crippen molar-refractivity contribution in [2.75, 3.05) is 27.2 Å². The Balaban J connectivity index is 1.74. The summed E-state index contributed by atoms with van der Waals surface area (Å²) in [7, 11) is 3.65. The van der Waals surface area contributed by atoms with E-state index in [1.807, 2.05) is 20.2 Å². The summed E-state index contributed by atoms with van der Waals surface area (Å²) in [5.41, 5.74) is 1.16. The third kappa shape index (κ3) is 2.60. The highest BCUT2D eigenvalue weighted by Crippen LogP contribution is 2.32. The maximum atomic E-state index is 12.3. The molecule has 2 aliphatic heterocycles. The van der Waals surface area contributed by atoms with E-state index in [0.29, 0.717) is 6.04 Å². The molecule has 0 unspecified atom stereocenters. The van der Waals surface area contributed by atoms with Crippen molar-refractivity contribution in [3.05, 3.63) is 24.2 Å². The molecule has 1 aromatic rings. The van der Waals surface area contributed by atoms with Crippen LogP contribution in [0, 0.1) is 5.92 Å². The molecule has 0 radical (unpaired) electrons. The largest absolute Gasteiger partial charge is 0.472 e. The number of piperidine rings is 1. The van der Waals surface area contributed by atoms with Crippen molar-refractivity contribution in [3.63, 3.8) is 0 Å². The first-order valence-electron chi connectivity index (χ1n) is 7.23. The minimum atomic E-state index is 0.0382. The Labute approximate surface area is 119 Å². The van der Waals surface area contributed by atoms with Gasteiger partial charge in [0.05, 0.1) is 24.5 Å². The molecule has 5 nitrogen and oxygen atoms in total. The summed E-state index contributed by atoms with van der Waals surface area (Å²) >= 11 is 0. The topological polar surface area (TPSA) is 45.9 Å². The molecule has 3 rings (SSSR count). The number of likely N-dealkylation sites (tertiary alicyclic amines) is 1. The second-order valence-corrected chi connectivity index (χ2v) is 5.99. The van der Waals surface area contributed by atoms with Crippen LogP contribution in [0.5, 0.6) is 0 Å². The van der Waals surface area contributed by atoms with Crippen molar-refractivity contribution < 1.29 is 13.9 Å². The van der Waals surface area contributed by atoms with Crippen LogP contribution in [0.25, 0.3) is 0 Å². The number of fused-ring (bicyclic) bond motifs is 1. The minimum Gasteiger partial charge on any atom is -0.472 e. The molecule has 3 heterocycles. The van der Waals surface area contributed by atoms with Crippen molar-refractivity contribution in [1.82, 2.24) is 9.80 Å². The van der Waals surface area contributed by atoms with Crippen molar-refractivity contribution in [2.45, 2.75) is 31.5 Å². The third-order valence-electron chi connectivity index (χ3n) is 4.37. The van der Waals surface area contributed by atoms with E-state index in [9.17, 15) is 4.79 Å². The minimum absolute atomic E-state index is 0.0382. The van der Waals surface area contributed by atoms with Crippen LogP contribution in [0.15, 0.2) is 23.0 Å². The number of hydrogen-bond acceptors (Lipinski definition) is 4. The molecular formula is C15H22N2O3. The average Bonchev–Trinajstić information content (AvgIpc) is 3.07. The Morgan fingerprint density at radius 3 is 3.05 bits per heavy atom. The number of carbonyl (C=O) groups is 1. The lowest BCUT2D eigenvalue weighted by molar-refractivity contribution is -0.137. The monoisotopic (exact) mass is 278 g/mol. The van der Waals surface area contributed by atoms with Gasteiger partial charge in [-0.05, 0) is 18.9 Å². The lowest BCUT2D eigenvalue weighted by atomic mass is 9.89. The molecule has 2 aliphatic rings. The Morgan fingerprint density at radius 2 is 2.35 bits per heavy atom. The number of furan rings is 1. The summed E-state index contributed by atoms with van der Waals surface area (Å²) in [6.45, 7) is 2.45. The van der Waals surface area contributed by atoms with Gasteiger partial charge in [0.1, 0.15) is 0 Å². The molecule has 1 amide bonds. The standard InChI is InChI=1S/C15H22N2O3/c1-16(2)15(18)12-7-14-13(4-6-20-14)17(9-12)8-11-3-5-19-10-11/h3,5,10,12-14H,4,6-9H2,1-2H3/t12-,13+,14+/m1/s1. The van der Waals surface area contributed by atoms with Crippen molar-refractivity contribution in [2.24, 2.45) is 5.92 Å². The molecule has 2 fully saturated rings. The number of carbonyl (C=O) groups excluding carboxylic acids is 1. The highest BCUT2D eigenvalue weighted by atomic mass is 16.5. The maximum Gasteiger partial charge on any atom is 0.226 e. The van der Waals surface area contributed by atoms with Crippen molar-refractivity contribution in [1.29, 1.82) is 0 Å².